The van der Waals surface area contributed by atoms with E-state index >= 15 is 0 Å². The van der Waals surface area contributed by atoms with Crippen LogP contribution >= 0.6 is 45.3 Å². The van der Waals surface area contributed by atoms with Crippen molar-refractivity contribution in [1.29, 1.82) is 0 Å². The first-order valence-electron chi connectivity index (χ1n) is 16.5. The van der Waals surface area contributed by atoms with E-state index in [0.29, 0.717) is 0 Å². The van der Waals surface area contributed by atoms with Gasteiger partial charge < -0.3 is 0 Å². The van der Waals surface area contributed by atoms with E-state index in [1.165, 1.54) is 103 Å². The molecule has 0 spiro atoms. The fraction of sp³-hybridized carbons (Fsp3) is 0. The van der Waals surface area contributed by atoms with E-state index in [0.717, 1.165) is 11.4 Å². The number of benzene rings is 6. The molecule has 2 nitrogen and oxygen atoms in total. The summed E-state index contributed by atoms with van der Waals surface area (Å²) < 4.78 is 8.12. The average molecular weight is 707 g/mol. The monoisotopic (exact) mass is 706 g/mol. The maximum absolute atomic E-state index is 4.90. The summed E-state index contributed by atoms with van der Waals surface area (Å²) >= 11 is 7.53. The Morgan fingerprint density at radius 3 is 1.18 bits per heavy atom. The van der Waals surface area contributed by atoms with E-state index in [2.05, 4.69) is 121 Å². The first-order valence-corrected chi connectivity index (χ1v) is 19.8. The minimum absolute atomic E-state index is 1.04. The van der Waals surface area contributed by atoms with Crippen molar-refractivity contribution in [3.63, 3.8) is 0 Å². The minimum atomic E-state index is 1.04. The normalized spacial score (nSPS) is 12.4. The van der Waals surface area contributed by atoms with Crippen LogP contribution in [0.25, 0.3) is 114 Å². The van der Waals surface area contributed by atoms with Gasteiger partial charge in [0.15, 0.2) is 0 Å². The Hall–Kier alpha value is -5.24. The number of fused-ring (bicyclic) bond motifs is 11. The third-order valence-corrected chi connectivity index (χ3v) is 14.8. The van der Waals surface area contributed by atoms with E-state index in [4.69, 9.17) is 9.97 Å². The van der Waals surface area contributed by atoms with Crippen LogP contribution in [0.4, 0.5) is 0 Å². The van der Waals surface area contributed by atoms with Gasteiger partial charge in [0.05, 0.1) is 30.5 Å². The summed E-state index contributed by atoms with van der Waals surface area (Å²) in [6.07, 6.45) is 4.04. The van der Waals surface area contributed by atoms with E-state index < -0.39 is 0 Å². The lowest BCUT2D eigenvalue weighted by Crippen LogP contribution is -1.82. The number of rotatable bonds is 2. The van der Waals surface area contributed by atoms with E-state index in [-0.39, 0.29) is 0 Å². The standard InChI is InChI=1S/C44H22N2S4/c1-3-7-25-11-31-21-45-35(15-27(31)9-23(25)5-1)41-17-29-13-33-39(19-37(29)47-41)49-44-34-14-30-18-42(48-38(30)20-40(34)50-43(33)44)36-16-28-10-24-6-2-4-8-26(24)12-32(28)22-46-36/h1-22H. The van der Waals surface area contributed by atoms with Crippen molar-refractivity contribution in [2.45, 2.75) is 0 Å². The summed E-state index contributed by atoms with van der Waals surface area (Å²) in [5.74, 6) is 0. The highest BCUT2D eigenvalue weighted by Gasteiger charge is 2.17. The fourth-order valence-corrected chi connectivity index (χ4v) is 12.5. The van der Waals surface area contributed by atoms with Crippen LogP contribution in [0.5, 0.6) is 0 Å². The number of thiophene rings is 4. The number of hydrogen-bond acceptors (Lipinski definition) is 6. The molecule has 232 valence electrons. The molecule has 0 fully saturated rings. The number of nitrogens with zero attached hydrogens (tertiary/aromatic N) is 2. The molecular weight excluding hydrogens is 685 g/mol. The topological polar surface area (TPSA) is 25.8 Å². The van der Waals surface area contributed by atoms with Crippen LogP contribution in [-0.4, -0.2) is 9.97 Å². The van der Waals surface area contributed by atoms with Crippen molar-refractivity contribution in [3.05, 3.63) is 134 Å². The lowest BCUT2D eigenvalue weighted by molar-refractivity contribution is 1.38. The Kier molecular flexibility index (Phi) is 5.60. The molecule has 0 aliphatic carbocycles. The maximum atomic E-state index is 4.90. The van der Waals surface area contributed by atoms with Gasteiger partial charge in [-0.25, -0.2) is 0 Å². The number of pyridine rings is 2. The molecule has 0 amide bonds. The zero-order chi connectivity index (χ0) is 32.5. The second kappa shape index (κ2) is 10.2. The quantitative estimate of drug-likeness (QED) is 0.167. The molecule has 0 N–H and O–H groups in total. The van der Waals surface area contributed by atoms with Crippen molar-refractivity contribution < 1.29 is 0 Å². The Labute approximate surface area is 301 Å². The third kappa shape index (κ3) is 4.11. The number of aromatic nitrogens is 2. The van der Waals surface area contributed by atoms with Gasteiger partial charge in [0.1, 0.15) is 0 Å². The molecule has 50 heavy (non-hydrogen) atoms. The molecule has 0 aliphatic heterocycles. The molecule has 0 saturated heterocycles. The minimum Gasteiger partial charge on any atom is -0.255 e. The Bertz CT molecular complexity index is 3170. The first kappa shape index (κ1) is 27.6. The summed E-state index contributed by atoms with van der Waals surface area (Å²) in [4.78, 5) is 12.2. The molecule has 0 bridgehead atoms. The molecule has 0 saturated carbocycles. The van der Waals surface area contributed by atoms with Crippen molar-refractivity contribution in [2.75, 3.05) is 0 Å². The predicted molar refractivity (Wildman–Crippen MR) is 222 cm³/mol. The van der Waals surface area contributed by atoms with Crippen LogP contribution in [0.2, 0.25) is 0 Å². The molecule has 6 aromatic carbocycles. The molecule has 0 radical (unpaired) electrons. The zero-order valence-electron chi connectivity index (χ0n) is 26.2. The van der Waals surface area contributed by atoms with Crippen molar-refractivity contribution >= 4 is 138 Å². The average Bonchev–Trinajstić information content (AvgIpc) is 3.92. The van der Waals surface area contributed by atoms with Crippen LogP contribution in [-0.2, 0) is 0 Å². The van der Waals surface area contributed by atoms with Crippen molar-refractivity contribution in [3.8, 4) is 21.1 Å². The van der Waals surface area contributed by atoms with Crippen LogP contribution in [0.1, 0.15) is 0 Å². The molecule has 0 aliphatic rings. The van der Waals surface area contributed by atoms with Gasteiger partial charge in [-0.3, -0.25) is 9.97 Å². The van der Waals surface area contributed by atoms with Gasteiger partial charge in [-0.1, -0.05) is 48.5 Å². The highest BCUT2D eigenvalue weighted by molar-refractivity contribution is 7.37. The summed E-state index contributed by atoms with van der Waals surface area (Å²) in [6, 6.07) is 44.9. The maximum Gasteiger partial charge on any atom is 0.0808 e. The Morgan fingerprint density at radius 1 is 0.320 bits per heavy atom. The lowest BCUT2D eigenvalue weighted by Gasteiger charge is -2.04. The first-order chi connectivity index (χ1) is 24.7. The van der Waals surface area contributed by atoms with Gasteiger partial charge in [-0.2, -0.15) is 0 Å². The summed E-state index contributed by atoms with van der Waals surface area (Å²) in [5, 5.41) is 15.1. The van der Waals surface area contributed by atoms with Crippen LogP contribution in [0.15, 0.2) is 134 Å². The molecule has 0 atom stereocenters. The molecule has 6 heterocycles. The molecule has 6 aromatic heterocycles. The van der Waals surface area contributed by atoms with Crippen LogP contribution < -0.4 is 0 Å². The highest BCUT2D eigenvalue weighted by atomic mass is 32.1. The summed E-state index contributed by atoms with van der Waals surface area (Å²) in [7, 11) is 0. The Morgan fingerprint density at radius 2 is 0.740 bits per heavy atom. The van der Waals surface area contributed by atoms with Gasteiger partial charge in [0.25, 0.3) is 0 Å². The van der Waals surface area contributed by atoms with E-state index in [1.807, 2.05) is 57.7 Å². The van der Waals surface area contributed by atoms with Gasteiger partial charge in [-0.05, 0) is 116 Å². The van der Waals surface area contributed by atoms with Gasteiger partial charge in [0.2, 0.25) is 0 Å². The Balaban J connectivity index is 0.938. The van der Waals surface area contributed by atoms with E-state index in [9.17, 15) is 0 Å². The summed E-state index contributed by atoms with van der Waals surface area (Å²) in [5.41, 5.74) is 2.08. The highest BCUT2D eigenvalue weighted by Crippen LogP contribution is 2.48. The van der Waals surface area contributed by atoms with Crippen molar-refractivity contribution in [2.24, 2.45) is 0 Å². The lowest BCUT2D eigenvalue weighted by atomic mass is 10.0. The van der Waals surface area contributed by atoms with Crippen LogP contribution in [0.3, 0.4) is 0 Å². The molecule has 12 rings (SSSR count). The second-order valence-electron chi connectivity index (χ2n) is 13.1. The molecule has 6 heteroatoms. The molecule has 12 aromatic rings. The predicted octanol–water partition coefficient (Wildman–Crippen LogP) is 14.4. The number of hydrogen-bond donors (Lipinski definition) is 0. The smallest absolute Gasteiger partial charge is 0.0808 e. The molecule has 0 unspecified atom stereocenters. The van der Waals surface area contributed by atoms with Gasteiger partial charge in [-0.15, -0.1) is 45.3 Å². The fourth-order valence-electron chi connectivity index (χ4n) is 7.52. The van der Waals surface area contributed by atoms with Crippen molar-refractivity contribution in [1.82, 2.24) is 9.97 Å². The van der Waals surface area contributed by atoms with Gasteiger partial charge >= 0.3 is 0 Å². The largest absolute Gasteiger partial charge is 0.255 e. The second-order valence-corrected chi connectivity index (χ2v) is 17.4. The SMILES string of the molecule is c1ccc2cc3cc(-c4cc5cc6c(cc5s4)sc4c5cc7cc(-c8cc9cc%10ccccc%10cc9cn8)sc7cc5sc64)ncc3cc2c1. The summed E-state index contributed by atoms with van der Waals surface area (Å²) in [6.45, 7) is 0. The zero-order valence-corrected chi connectivity index (χ0v) is 29.5. The molecular formula is C44H22N2S4. The van der Waals surface area contributed by atoms with Crippen LogP contribution in [0, 0.1) is 0 Å². The third-order valence-electron chi connectivity index (χ3n) is 10.0. The van der Waals surface area contributed by atoms with Gasteiger partial charge in [0, 0.05) is 52.7 Å². The van der Waals surface area contributed by atoms with E-state index in [1.54, 1.807) is 0 Å².